The molecular weight excluding hydrogens is 317 g/mol. The zero-order chi connectivity index (χ0) is 17.2. The van der Waals surface area contributed by atoms with E-state index >= 15 is 0 Å². The molecule has 0 aliphatic carbocycles. The van der Waals surface area contributed by atoms with Crippen LogP contribution < -0.4 is 4.74 Å². The number of halogens is 1. The van der Waals surface area contributed by atoms with Gasteiger partial charge in [0.1, 0.15) is 11.6 Å². The van der Waals surface area contributed by atoms with Crippen LogP contribution in [0.3, 0.4) is 0 Å². The maximum atomic E-state index is 14.3. The van der Waals surface area contributed by atoms with Gasteiger partial charge in [0, 0.05) is 16.5 Å². The monoisotopic (exact) mass is 333 g/mol. The summed E-state index contributed by atoms with van der Waals surface area (Å²) in [5, 5.41) is 7.97. The van der Waals surface area contributed by atoms with Gasteiger partial charge in [0.05, 0.1) is 30.2 Å². The Labute approximate surface area is 144 Å². The van der Waals surface area contributed by atoms with Crippen LogP contribution in [0, 0.1) is 5.82 Å². The van der Waals surface area contributed by atoms with Crippen molar-refractivity contribution in [3.63, 3.8) is 0 Å². The molecule has 5 heteroatoms. The summed E-state index contributed by atoms with van der Waals surface area (Å²) < 4.78 is 19.9. The standard InChI is InChI=1S/C20H16FN3O/c1-2-25-15-10-17(13-7-8-19-14(9-13)11-23-24-19)20(22-12-15)16-5-3-4-6-18(16)21/h3-12H,2H2,1H3,(H,23,24). The van der Waals surface area contributed by atoms with Gasteiger partial charge in [-0.25, -0.2) is 4.39 Å². The molecule has 0 amide bonds. The number of rotatable bonds is 4. The summed E-state index contributed by atoms with van der Waals surface area (Å²) in [7, 11) is 0. The first-order valence-electron chi connectivity index (χ1n) is 8.07. The zero-order valence-electron chi connectivity index (χ0n) is 13.7. The minimum Gasteiger partial charge on any atom is -0.492 e. The van der Waals surface area contributed by atoms with Crippen molar-refractivity contribution in [2.24, 2.45) is 0 Å². The van der Waals surface area contributed by atoms with Crippen LogP contribution in [0.5, 0.6) is 5.75 Å². The van der Waals surface area contributed by atoms with E-state index in [2.05, 4.69) is 15.2 Å². The molecule has 25 heavy (non-hydrogen) atoms. The van der Waals surface area contributed by atoms with E-state index < -0.39 is 0 Å². The van der Waals surface area contributed by atoms with Crippen LogP contribution in [-0.2, 0) is 0 Å². The number of H-pyrrole nitrogens is 1. The van der Waals surface area contributed by atoms with E-state index in [9.17, 15) is 4.39 Å². The molecule has 2 aromatic heterocycles. The number of aromatic amines is 1. The summed E-state index contributed by atoms with van der Waals surface area (Å²) in [5.74, 6) is 0.356. The number of fused-ring (bicyclic) bond motifs is 1. The van der Waals surface area contributed by atoms with E-state index in [-0.39, 0.29) is 5.82 Å². The molecule has 4 nitrogen and oxygen atoms in total. The van der Waals surface area contributed by atoms with Crippen molar-refractivity contribution in [1.29, 1.82) is 0 Å². The van der Waals surface area contributed by atoms with Crippen molar-refractivity contribution in [3.8, 4) is 28.1 Å². The van der Waals surface area contributed by atoms with Gasteiger partial charge in [-0.2, -0.15) is 5.10 Å². The Hall–Kier alpha value is -3.21. The maximum Gasteiger partial charge on any atom is 0.138 e. The Morgan fingerprint density at radius 1 is 1.04 bits per heavy atom. The fraction of sp³-hybridized carbons (Fsp3) is 0.100. The van der Waals surface area contributed by atoms with Gasteiger partial charge in [-0.05, 0) is 42.8 Å². The maximum absolute atomic E-state index is 14.3. The molecule has 0 bridgehead atoms. The fourth-order valence-electron chi connectivity index (χ4n) is 2.89. The first kappa shape index (κ1) is 15.3. The van der Waals surface area contributed by atoms with Gasteiger partial charge in [-0.15, -0.1) is 0 Å². The Morgan fingerprint density at radius 2 is 1.92 bits per heavy atom. The summed E-state index contributed by atoms with van der Waals surface area (Å²) in [6.45, 7) is 2.46. The van der Waals surface area contributed by atoms with Gasteiger partial charge >= 0.3 is 0 Å². The first-order valence-corrected chi connectivity index (χ1v) is 8.07. The second kappa shape index (κ2) is 6.36. The van der Waals surface area contributed by atoms with E-state index in [0.717, 1.165) is 22.0 Å². The van der Waals surface area contributed by atoms with E-state index in [4.69, 9.17) is 4.74 Å². The number of nitrogens with zero attached hydrogens (tertiary/aromatic N) is 2. The molecule has 0 unspecified atom stereocenters. The summed E-state index contributed by atoms with van der Waals surface area (Å²) in [4.78, 5) is 4.48. The average Bonchev–Trinajstić information content (AvgIpc) is 3.10. The molecule has 0 fully saturated rings. The van der Waals surface area contributed by atoms with Crippen LogP contribution in [0.15, 0.2) is 60.9 Å². The Kier molecular flexibility index (Phi) is 3.90. The highest BCUT2D eigenvalue weighted by Gasteiger charge is 2.14. The molecule has 0 aliphatic rings. The number of nitrogens with one attached hydrogen (secondary N) is 1. The minimum atomic E-state index is -0.301. The molecule has 0 aliphatic heterocycles. The Morgan fingerprint density at radius 3 is 2.76 bits per heavy atom. The van der Waals surface area contributed by atoms with Crippen LogP contribution in [0.1, 0.15) is 6.92 Å². The van der Waals surface area contributed by atoms with Gasteiger partial charge in [-0.3, -0.25) is 10.1 Å². The van der Waals surface area contributed by atoms with Gasteiger partial charge in [0.15, 0.2) is 0 Å². The van der Waals surface area contributed by atoms with Crippen molar-refractivity contribution in [2.45, 2.75) is 6.92 Å². The number of hydrogen-bond donors (Lipinski definition) is 1. The average molecular weight is 333 g/mol. The molecule has 2 aromatic carbocycles. The van der Waals surface area contributed by atoms with Crippen LogP contribution in [0.25, 0.3) is 33.3 Å². The summed E-state index contributed by atoms with van der Waals surface area (Å²) >= 11 is 0. The van der Waals surface area contributed by atoms with E-state index in [1.54, 1.807) is 30.6 Å². The molecule has 4 aromatic rings. The number of benzene rings is 2. The van der Waals surface area contributed by atoms with Crippen molar-refractivity contribution < 1.29 is 9.13 Å². The SMILES string of the molecule is CCOc1cnc(-c2ccccc2F)c(-c2ccc3[nH]ncc3c2)c1. The number of hydrogen-bond acceptors (Lipinski definition) is 3. The third-order valence-electron chi connectivity index (χ3n) is 4.05. The zero-order valence-corrected chi connectivity index (χ0v) is 13.7. The molecule has 0 saturated carbocycles. The van der Waals surface area contributed by atoms with Gasteiger partial charge in [-0.1, -0.05) is 18.2 Å². The third kappa shape index (κ3) is 2.85. The summed E-state index contributed by atoms with van der Waals surface area (Å²) in [5.41, 5.74) is 3.75. The smallest absolute Gasteiger partial charge is 0.138 e. The second-order valence-corrected chi connectivity index (χ2v) is 5.65. The quantitative estimate of drug-likeness (QED) is 0.582. The first-order chi connectivity index (χ1) is 12.3. The molecule has 0 atom stereocenters. The highest BCUT2D eigenvalue weighted by Crippen LogP contribution is 2.35. The van der Waals surface area contributed by atoms with Crippen LogP contribution in [0.4, 0.5) is 4.39 Å². The molecule has 0 radical (unpaired) electrons. The molecular formula is C20H16FN3O. The predicted octanol–water partition coefficient (Wildman–Crippen LogP) is 4.83. The van der Waals surface area contributed by atoms with Crippen molar-refractivity contribution in [1.82, 2.24) is 15.2 Å². The van der Waals surface area contributed by atoms with Gasteiger partial charge < -0.3 is 4.74 Å². The lowest BCUT2D eigenvalue weighted by atomic mass is 9.98. The molecule has 2 heterocycles. The normalized spacial score (nSPS) is 11.0. The lowest BCUT2D eigenvalue weighted by Gasteiger charge is -2.12. The molecule has 0 saturated heterocycles. The van der Waals surface area contributed by atoms with Crippen LogP contribution in [0.2, 0.25) is 0 Å². The van der Waals surface area contributed by atoms with Crippen LogP contribution in [-0.4, -0.2) is 21.8 Å². The largest absolute Gasteiger partial charge is 0.492 e. The van der Waals surface area contributed by atoms with E-state index in [1.165, 1.54) is 6.07 Å². The summed E-state index contributed by atoms with van der Waals surface area (Å²) in [6, 6.07) is 14.5. The summed E-state index contributed by atoms with van der Waals surface area (Å²) in [6.07, 6.45) is 3.40. The van der Waals surface area contributed by atoms with E-state index in [0.29, 0.717) is 23.6 Å². The van der Waals surface area contributed by atoms with Gasteiger partial charge in [0.25, 0.3) is 0 Å². The fourth-order valence-corrected chi connectivity index (χ4v) is 2.89. The molecule has 0 spiro atoms. The van der Waals surface area contributed by atoms with E-state index in [1.807, 2.05) is 31.2 Å². The van der Waals surface area contributed by atoms with Crippen molar-refractivity contribution in [3.05, 3.63) is 66.7 Å². The Bertz CT molecular complexity index is 1040. The van der Waals surface area contributed by atoms with Crippen molar-refractivity contribution in [2.75, 3.05) is 6.61 Å². The second-order valence-electron chi connectivity index (χ2n) is 5.65. The molecule has 124 valence electrons. The topological polar surface area (TPSA) is 50.8 Å². The van der Waals surface area contributed by atoms with Gasteiger partial charge in [0.2, 0.25) is 0 Å². The van der Waals surface area contributed by atoms with Crippen LogP contribution >= 0.6 is 0 Å². The third-order valence-corrected chi connectivity index (χ3v) is 4.05. The van der Waals surface area contributed by atoms with Crippen molar-refractivity contribution >= 4 is 10.9 Å². The lowest BCUT2D eigenvalue weighted by Crippen LogP contribution is -1.96. The highest BCUT2D eigenvalue weighted by atomic mass is 19.1. The minimum absolute atomic E-state index is 0.301. The highest BCUT2D eigenvalue weighted by molar-refractivity contribution is 5.88. The molecule has 4 rings (SSSR count). The number of ether oxygens (including phenoxy) is 1. The lowest BCUT2D eigenvalue weighted by molar-refractivity contribution is 0.339. The predicted molar refractivity (Wildman–Crippen MR) is 95.9 cm³/mol. The molecule has 1 N–H and O–H groups in total. The number of aromatic nitrogens is 3. The number of pyridine rings is 1. The Balaban J connectivity index is 1.94.